The first-order chi connectivity index (χ1) is 16.8. The number of hydrogen-bond donors (Lipinski definition) is 0. The van der Waals surface area contributed by atoms with Crippen molar-refractivity contribution in [2.24, 2.45) is 0 Å². The molecule has 0 atom stereocenters. The van der Waals surface area contributed by atoms with Gasteiger partial charge in [-0.25, -0.2) is 0 Å². The van der Waals surface area contributed by atoms with Gasteiger partial charge in [0.1, 0.15) is 0 Å². The number of unbranched alkanes of at least 4 members (excludes halogenated alkanes) is 2. The van der Waals surface area contributed by atoms with Crippen molar-refractivity contribution < 1.29 is 38.0 Å². The molecule has 0 N–H and O–H groups in total. The minimum absolute atomic E-state index is 0.229. The minimum Gasteiger partial charge on any atom is -0.379 e. The third-order valence-corrected chi connectivity index (χ3v) is 5.09. The van der Waals surface area contributed by atoms with Crippen molar-refractivity contribution in [2.45, 2.75) is 26.2 Å². The average molecular weight is 482 g/mol. The molecule has 192 valence electrons. The fourth-order valence-corrected chi connectivity index (χ4v) is 3.25. The molecule has 0 unspecified atom stereocenters. The molecule has 2 rings (SSSR count). The maximum atomic E-state index is 12.2. The van der Waals surface area contributed by atoms with Crippen LogP contribution in [-0.2, 0) is 28.4 Å². The van der Waals surface area contributed by atoms with Crippen LogP contribution in [0.15, 0.2) is 24.3 Å². The smallest absolute Gasteiger partial charge is 0.261 e. The Bertz CT molecular complexity index is 664. The van der Waals surface area contributed by atoms with Gasteiger partial charge in [0.25, 0.3) is 11.8 Å². The number of ether oxygens (including phenoxy) is 6. The van der Waals surface area contributed by atoms with Gasteiger partial charge in [0.2, 0.25) is 0 Å². The maximum Gasteiger partial charge on any atom is 0.261 e. The Labute approximate surface area is 202 Å². The van der Waals surface area contributed by atoms with Crippen LogP contribution in [0, 0.1) is 0 Å². The highest BCUT2D eigenvalue weighted by Gasteiger charge is 2.34. The van der Waals surface area contributed by atoms with Gasteiger partial charge in [0, 0.05) is 6.61 Å². The SMILES string of the molecule is CCCCCOCCOCCOCCOCCOCCOCCN1C(=O)c2ccccc2C1=O. The Balaban J connectivity index is 1.29. The third kappa shape index (κ3) is 11.0. The summed E-state index contributed by atoms with van der Waals surface area (Å²) < 4.78 is 32.7. The zero-order valence-electron chi connectivity index (χ0n) is 20.3. The first kappa shape index (κ1) is 28.4. The summed E-state index contributed by atoms with van der Waals surface area (Å²) in [6.45, 7) is 8.55. The van der Waals surface area contributed by atoms with Crippen LogP contribution in [0.4, 0.5) is 0 Å². The zero-order valence-corrected chi connectivity index (χ0v) is 20.3. The Kier molecular flexibility index (Phi) is 15.4. The highest BCUT2D eigenvalue weighted by Crippen LogP contribution is 2.21. The van der Waals surface area contributed by atoms with Gasteiger partial charge < -0.3 is 28.4 Å². The first-order valence-electron chi connectivity index (χ1n) is 12.2. The Hall–Kier alpha value is -1.88. The first-order valence-corrected chi connectivity index (χ1v) is 12.2. The van der Waals surface area contributed by atoms with E-state index < -0.39 is 0 Å². The minimum atomic E-state index is -0.267. The molecule has 0 radical (unpaired) electrons. The second-order valence-corrected chi connectivity index (χ2v) is 7.69. The zero-order chi connectivity index (χ0) is 24.3. The molecule has 1 aromatic carbocycles. The van der Waals surface area contributed by atoms with Crippen LogP contribution in [0.3, 0.4) is 0 Å². The molecule has 1 aliphatic heterocycles. The largest absolute Gasteiger partial charge is 0.379 e. The average Bonchev–Trinajstić information content (AvgIpc) is 3.10. The van der Waals surface area contributed by atoms with Gasteiger partial charge in [0.05, 0.1) is 90.3 Å². The monoisotopic (exact) mass is 481 g/mol. The predicted molar refractivity (Wildman–Crippen MR) is 126 cm³/mol. The lowest BCUT2D eigenvalue weighted by molar-refractivity contribution is -0.0172. The maximum absolute atomic E-state index is 12.2. The van der Waals surface area contributed by atoms with Crippen molar-refractivity contribution in [3.8, 4) is 0 Å². The van der Waals surface area contributed by atoms with Gasteiger partial charge in [-0.3, -0.25) is 14.5 Å². The second kappa shape index (κ2) is 18.4. The molecule has 34 heavy (non-hydrogen) atoms. The summed E-state index contributed by atoms with van der Waals surface area (Å²) in [4.78, 5) is 25.7. The number of fused-ring (bicyclic) bond motifs is 1. The fraction of sp³-hybridized carbons (Fsp3) is 0.680. The van der Waals surface area contributed by atoms with E-state index in [0.717, 1.165) is 13.0 Å². The van der Waals surface area contributed by atoms with Crippen molar-refractivity contribution in [2.75, 3.05) is 85.8 Å². The quantitative estimate of drug-likeness (QED) is 0.184. The number of hydrogen-bond acceptors (Lipinski definition) is 8. The lowest BCUT2D eigenvalue weighted by Gasteiger charge is -2.13. The van der Waals surface area contributed by atoms with Gasteiger partial charge >= 0.3 is 0 Å². The number of amides is 2. The fourth-order valence-electron chi connectivity index (χ4n) is 3.25. The molecule has 1 heterocycles. The second-order valence-electron chi connectivity index (χ2n) is 7.69. The van der Waals surface area contributed by atoms with E-state index in [1.165, 1.54) is 17.7 Å². The summed E-state index contributed by atoms with van der Waals surface area (Å²) in [7, 11) is 0. The molecule has 0 aliphatic carbocycles. The van der Waals surface area contributed by atoms with E-state index in [1.807, 2.05) is 0 Å². The van der Waals surface area contributed by atoms with Crippen LogP contribution in [0.25, 0.3) is 0 Å². The molecule has 1 aliphatic rings. The van der Waals surface area contributed by atoms with Crippen LogP contribution in [0.2, 0.25) is 0 Å². The molecule has 9 nitrogen and oxygen atoms in total. The summed E-state index contributed by atoms with van der Waals surface area (Å²) in [5.74, 6) is -0.534. The molecule has 0 bridgehead atoms. The van der Waals surface area contributed by atoms with Crippen molar-refractivity contribution in [1.82, 2.24) is 4.90 Å². The number of benzene rings is 1. The molecule has 9 heteroatoms. The van der Waals surface area contributed by atoms with Crippen molar-refractivity contribution in [3.63, 3.8) is 0 Å². The molecular formula is C25H39NO8. The van der Waals surface area contributed by atoms with Gasteiger partial charge in [0.15, 0.2) is 0 Å². The van der Waals surface area contributed by atoms with E-state index in [1.54, 1.807) is 24.3 Å². The number of rotatable bonds is 22. The van der Waals surface area contributed by atoms with Crippen LogP contribution in [-0.4, -0.2) is 103 Å². The Morgan fingerprint density at radius 1 is 0.559 bits per heavy atom. The van der Waals surface area contributed by atoms with Gasteiger partial charge in [-0.05, 0) is 18.6 Å². The molecular weight excluding hydrogens is 442 g/mol. The topological polar surface area (TPSA) is 92.8 Å². The van der Waals surface area contributed by atoms with E-state index in [-0.39, 0.29) is 25.0 Å². The lowest BCUT2D eigenvalue weighted by Crippen LogP contribution is -2.33. The number of carbonyl (C=O) groups is 2. The summed E-state index contributed by atoms with van der Waals surface area (Å²) in [6, 6.07) is 6.84. The predicted octanol–water partition coefficient (Wildman–Crippen LogP) is 2.57. The number of carbonyl (C=O) groups excluding carboxylic acids is 2. The molecule has 0 saturated heterocycles. The highest BCUT2D eigenvalue weighted by atomic mass is 16.6. The summed E-state index contributed by atoms with van der Waals surface area (Å²) in [5.41, 5.74) is 0.904. The third-order valence-electron chi connectivity index (χ3n) is 5.09. The van der Waals surface area contributed by atoms with Crippen LogP contribution >= 0.6 is 0 Å². The van der Waals surface area contributed by atoms with Crippen molar-refractivity contribution in [3.05, 3.63) is 35.4 Å². The molecule has 1 aromatic rings. The summed E-state index contributed by atoms with van der Waals surface area (Å²) >= 11 is 0. The Morgan fingerprint density at radius 2 is 0.941 bits per heavy atom. The van der Waals surface area contributed by atoms with E-state index >= 15 is 0 Å². The molecule has 0 saturated carbocycles. The Morgan fingerprint density at radius 3 is 1.35 bits per heavy atom. The van der Waals surface area contributed by atoms with Crippen molar-refractivity contribution >= 4 is 11.8 Å². The van der Waals surface area contributed by atoms with E-state index in [2.05, 4.69) is 6.92 Å². The van der Waals surface area contributed by atoms with Crippen LogP contribution < -0.4 is 0 Å². The lowest BCUT2D eigenvalue weighted by atomic mass is 10.1. The van der Waals surface area contributed by atoms with Gasteiger partial charge in [-0.15, -0.1) is 0 Å². The van der Waals surface area contributed by atoms with E-state index in [4.69, 9.17) is 28.4 Å². The molecule has 0 fully saturated rings. The van der Waals surface area contributed by atoms with E-state index in [0.29, 0.717) is 77.2 Å². The molecule has 0 aromatic heterocycles. The summed E-state index contributed by atoms with van der Waals surface area (Å²) in [6.07, 6.45) is 3.52. The van der Waals surface area contributed by atoms with Crippen molar-refractivity contribution in [1.29, 1.82) is 0 Å². The standard InChI is InChI=1S/C25H39NO8/c1-2-3-6-10-29-12-14-31-16-18-33-20-21-34-19-17-32-15-13-30-11-9-26-24(27)22-7-4-5-8-23(22)25(26)28/h4-5,7-8H,2-3,6,9-21H2,1H3. The molecule has 0 spiro atoms. The van der Waals surface area contributed by atoms with Gasteiger partial charge in [-0.2, -0.15) is 0 Å². The number of nitrogens with zero attached hydrogens (tertiary/aromatic N) is 1. The summed E-state index contributed by atoms with van der Waals surface area (Å²) in [5, 5.41) is 0. The normalized spacial score (nSPS) is 13.1. The van der Waals surface area contributed by atoms with Crippen LogP contribution in [0.1, 0.15) is 46.9 Å². The highest BCUT2D eigenvalue weighted by molar-refractivity contribution is 6.21. The van der Waals surface area contributed by atoms with Gasteiger partial charge in [-0.1, -0.05) is 31.9 Å². The molecule has 2 amide bonds. The van der Waals surface area contributed by atoms with Crippen LogP contribution in [0.5, 0.6) is 0 Å². The van der Waals surface area contributed by atoms with E-state index in [9.17, 15) is 9.59 Å². The number of imide groups is 1.